The molecule has 4 atom stereocenters. The van der Waals surface area contributed by atoms with Crippen molar-refractivity contribution in [3.05, 3.63) is 138 Å². The summed E-state index contributed by atoms with van der Waals surface area (Å²) in [7, 11) is 1.54. The third-order valence-electron chi connectivity index (χ3n) is 7.76. The van der Waals surface area contributed by atoms with Gasteiger partial charge in [0.15, 0.2) is 6.10 Å². The summed E-state index contributed by atoms with van der Waals surface area (Å²) >= 11 is 0. The van der Waals surface area contributed by atoms with Gasteiger partial charge < -0.3 is 35.8 Å². The SMILES string of the molecule is COc1ccc(C[C@H](NC(=O)[C@H](C)NC(=O)OCc2ccccc2)C(=O)NC(Cc2ccccc2)C(O)C(=O)NCc2ccccc2)cc1. The van der Waals surface area contributed by atoms with E-state index in [9.17, 15) is 24.3 Å². The molecular formula is C38H42N4O7. The minimum absolute atomic E-state index is 0.0214. The maximum atomic E-state index is 13.9. The Morgan fingerprint density at radius 2 is 1.18 bits per heavy atom. The molecular weight excluding hydrogens is 624 g/mol. The van der Waals surface area contributed by atoms with Crippen molar-refractivity contribution in [1.82, 2.24) is 21.3 Å². The van der Waals surface area contributed by atoms with Crippen molar-refractivity contribution in [3.63, 3.8) is 0 Å². The molecule has 5 N–H and O–H groups in total. The molecule has 2 unspecified atom stereocenters. The topological polar surface area (TPSA) is 155 Å². The highest BCUT2D eigenvalue weighted by molar-refractivity contribution is 5.92. The number of alkyl carbamates (subject to hydrolysis) is 1. The van der Waals surface area contributed by atoms with E-state index in [2.05, 4.69) is 21.3 Å². The number of hydrogen-bond acceptors (Lipinski definition) is 7. The molecule has 11 heteroatoms. The maximum absolute atomic E-state index is 13.9. The third-order valence-corrected chi connectivity index (χ3v) is 7.76. The first kappa shape index (κ1) is 36.2. The summed E-state index contributed by atoms with van der Waals surface area (Å²) in [6, 6.07) is 31.3. The lowest BCUT2D eigenvalue weighted by Gasteiger charge is -2.27. The summed E-state index contributed by atoms with van der Waals surface area (Å²) in [5, 5.41) is 22.0. The number of hydrogen-bond donors (Lipinski definition) is 5. The van der Waals surface area contributed by atoms with Gasteiger partial charge in [-0.2, -0.15) is 0 Å². The van der Waals surface area contributed by atoms with Crippen LogP contribution in [0.1, 0.15) is 29.2 Å². The number of amides is 4. The van der Waals surface area contributed by atoms with E-state index in [-0.39, 0.29) is 26.0 Å². The smallest absolute Gasteiger partial charge is 0.408 e. The molecule has 4 amide bonds. The molecule has 4 aromatic rings. The molecule has 4 aromatic carbocycles. The Labute approximate surface area is 286 Å². The third kappa shape index (κ3) is 11.8. The second kappa shape index (κ2) is 18.6. The van der Waals surface area contributed by atoms with Crippen LogP contribution in [0.5, 0.6) is 5.75 Å². The van der Waals surface area contributed by atoms with Crippen LogP contribution < -0.4 is 26.0 Å². The second-order valence-corrected chi connectivity index (χ2v) is 11.5. The summed E-state index contributed by atoms with van der Waals surface area (Å²) in [6.45, 7) is 1.69. The molecule has 0 saturated heterocycles. The van der Waals surface area contributed by atoms with Crippen LogP contribution in [0.15, 0.2) is 115 Å². The van der Waals surface area contributed by atoms with Gasteiger partial charge in [-0.05, 0) is 47.7 Å². The Kier molecular flexibility index (Phi) is 13.7. The molecule has 0 heterocycles. The normalized spacial score (nSPS) is 13.1. The highest BCUT2D eigenvalue weighted by Crippen LogP contribution is 2.14. The van der Waals surface area contributed by atoms with Gasteiger partial charge in [0.2, 0.25) is 11.8 Å². The van der Waals surface area contributed by atoms with Gasteiger partial charge in [0.25, 0.3) is 5.91 Å². The lowest BCUT2D eigenvalue weighted by molar-refractivity contribution is -0.134. The van der Waals surface area contributed by atoms with E-state index < -0.39 is 48.0 Å². The fourth-order valence-electron chi connectivity index (χ4n) is 4.98. The number of benzene rings is 4. The Hall–Kier alpha value is -5.68. The average Bonchev–Trinajstić information content (AvgIpc) is 3.13. The first-order valence-electron chi connectivity index (χ1n) is 16.0. The lowest BCUT2D eigenvalue weighted by atomic mass is 9.98. The standard InChI is InChI=1S/C38H42N4O7/c1-26(40-38(47)49-25-30-16-10-5-11-17-30)35(44)42-33(23-28-18-20-31(48-2)21-19-28)36(45)41-32(22-27-12-6-3-7-13-27)34(43)37(46)39-24-29-14-8-4-9-15-29/h3-21,26,32-34,43H,22-25H2,1-2H3,(H,39,46)(H,40,47)(H,41,45)(H,42,44)/t26-,32?,33-,34?/m0/s1. The van der Waals surface area contributed by atoms with E-state index in [0.717, 1.165) is 16.7 Å². The summed E-state index contributed by atoms with van der Waals surface area (Å²) in [5.74, 6) is -1.30. The molecule has 0 aliphatic heterocycles. The van der Waals surface area contributed by atoms with Crippen LogP contribution in [0, 0.1) is 0 Å². The number of aliphatic hydroxyl groups is 1. The summed E-state index contributed by atoms with van der Waals surface area (Å²) < 4.78 is 10.5. The van der Waals surface area contributed by atoms with Gasteiger partial charge in [-0.15, -0.1) is 0 Å². The van der Waals surface area contributed by atoms with Crippen LogP contribution in [0.3, 0.4) is 0 Å². The average molecular weight is 667 g/mol. The molecule has 49 heavy (non-hydrogen) atoms. The van der Waals surface area contributed by atoms with Crippen molar-refractivity contribution in [3.8, 4) is 5.75 Å². The minimum atomic E-state index is -1.61. The molecule has 0 spiro atoms. The molecule has 0 radical (unpaired) electrons. The molecule has 0 saturated carbocycles. The maximum Gasteiger partial charge on any atom is 0.408 e. The van der Waals surface area contributed by atoms with Crippen molar-refractivity contribution in [2.75, 3.05) is 7.11 Å². The Morgan fingerprint density at radius 1 is 0.633 bits per heavy atom. The highest BCUT2D eigenvalue weighted by Gasteiger charge is 2.32. The molecule has 4 rings (SSSR count). The number of methoxy groups -OCH3 is 1. The van der Waals surface area contributed by atoms with Gasteiger partial charge in [0, 0.05) is 13.0 Å². The van der Waals surface area contributed by atoms with Gasteiger partial charge in [-0.1, -0.05) is 103 Å². The predicted octanol–water partition coefficient (Wildman–Crippen LogP) is 3.44. The van der Waals surface area contributed by atoms with Gasteiger partial charge >= 0.3 is 6.09 Å². The molecule has 11 nitrogen and oxygen atoms in total. The number of rotatable bonds is 16. The number of carbonyl (C=O) groups is 4. The van der Waals surface area contributed by atoms with E-state index in [1.165, 1.54) is 6.92 Å². The first-order chi connectivity index (χ1) is 23.7. The van der Waals surface area contributed by atoms with E-state index >= 15 is 0 Å². The van der Waals surface area contributed by atoms with E-state index in [1.54, 1.807) is 43.5 Å². The van der Waals surface area contributed by atoms with Crippen LogP contribution in [0.2, 0.25) is 0 Å². The van der Waals surface area contributed by atoms with Crippen LogP contribution in [-0.4, -0.2) is 60.3 Å². The number of aliphatic hydroxyl groups excluding tert-OH is 1. The van der Waals surface area contributed by atoms with Gasteiger partial charge in [-0.25, -0.2) is 4.79 Å². The van der Waals surface area contributed by atoms with Crippen LogP contribution >= 0.6 is 0 Å². The molecule has 0 aliphatic rings. The van der Waals surface area contributed by atoms with Crippen LogP contribution in [-0.2, 0) is 45.1 Å². The van der Waals surface area contributed by atoms with Crippen molar-refractivity contribution in [2.45, 2.75) is 57.1 Å². The first-order valence-corrected chi connectivity index (χ1v) is 16.0. The summed E-state index contributed by atoms with van der Waals surface area (Å²) in [4.78, 5) is 52.8. The molecule has 0 aliphatic carbocycles. The Morgan fingerprint density at radius 3 is 1.78 bits per heavy atom. The van der Waals surface area contributed by atoms with Gasteiger partial charge in [0.05, 0.1) is 13.2 Å². The highest BCUT2D eigenvalue weighted by atomic mass is 16.5. The van der Waals surface area contributed by atoms with Crippen molar-refractivity contribution >= 4 is 23.8 Å². The van der Waals surface area contributed by atoms with E-state index in [1.807, 2.05) is 78.9 Å². The van der Waals surface area contributed by atoms with Crippen LogP contribution in [0.4, 0.5) is 4.79 Å². The summed E-state index contributed by atoms with van der Waals surface area (Å²) in [5.41, 5.74) is 3.13. The molecule has 256 valence electrons. The zero-order valence-corrected chi connectivity index (χ0v) is 27.5. The monoisotopic (exact) mass is 666 g/mol. The predicted molar refractivity (Wildman–Crippen MR) is 184 cm³/mol. The van der Waals surface area contributed by atoms with E-state index in [4.69, 9.17) is 9.47 Å². The minimum Gasteiger partial charge on any atom is -0.497 e. The van der Waals surface area contributed by atoms with E-state index in [0.29, 0.717) is 11.3 Å². The van der Waals surface area contributed by atoms with Crippen molar-refractivity contribution in [2.24, 2.45) is 0 Å². The fraction of sp³-hybridized carbons (Fsp3) is 0.263. The van der Waals surface area contributed by atoms with Gasteiger partial charge in [0.1, 0.15) is 24.4 Å². The number of carbonyl (C=O) groups excluding carboxylic acids is 4. The quantitative estimate of drug-likeness (QED) is 0.123. The number of ether oxygens (including phenoxy) is 2. The second-order valence-electron chi connectivity index (χ2n) is 11.5. The van der Waals surface area contributed by atoms with Crippen LogP contribution in [0.25, 0.3) is 0 Å². The van der Waals surface area contributed by atoms with Crippen molar-refractivity contribution in [1.29, 1.82) is 0 Å². The number of nitrogens with one attached hydrogen (secondary N) is 4. The largest absolute Gasteiger partial charge is 0.497 e. The summed E-state index contributed by atoms with van der Waals surface area (Å²) in [6.07, 6.45) is -2.19. The lowest BCUT2D eigenvalue weighted by Crippen LogP contribution is -2.58. The Bertz CT molecular complexity index is 1640. The Balaban J connectivity index is 1.48. The van der Waals surface area contributed by atoms with Gasteiger partial charge in [-0.3, -0.25) is 14.4 Å². The van der Waals surface area contributed by atoms with Crippen molar-refractivity contribution < 1.29 is 33.8 Å². The molecule has 0 fully saturated rings. The zero-order valence-electron chi connectivity index (χ0n) is 27.5. The fourth-order valence-corrected chi connectivity index (χ4v) is 4.98. The zero-order chi connectivity index (χ0) is 35.0. The molecule has 0 aromatic heterocycles. The molecule has 0 bridgehead atoms.